The summed E-state index contributed by atoms with van der Waals surface area (Å²) in [6.07, 6.45) is 0.492. The van der Waals surface area contributed by atoms with Crippen molar-refractivity contribution in [1.82, 2.24) is 9.71 Å². The van der Waals surface area contributed by atoms with Crippen molar-refractivity contribution in [3.8, 4) is 0 Å². The van der Waals surface area contributed by atoms with Crippen molar-refractivity contribution in [2.45, 2.75) is 13.3 Å². The highest BCUT2D eigenvalue weighted by atomic mass is 127. The fraction of sp³-hybridized carbons (Fsp3) is 0.143. The summed E-state index contributed by atoms with van der Waals surface area (Å²) in [4.78, 5) is 15.6. The summed E-state index contributed by atoms with van der Waals surface area (Å²) in [6, 6.07) is 5.97. The summed E-state index contributed by atoms with van der Waals surface area (Å²) >= 11 is 1.86. The monoisotopic (exact) mass is 623 g/mol. The van der Waals surface area contributed by atoms with Gasteiger partial charge in [0.25, 0.3) is 16.1 Å². The molecule has 0 atom stereocenters. The smallest absolute Gasteiger partial charge is 0.300 e. The zero-order chi connectivity index (χ0) is 25.9. The number of amides is 1. The van der Waals surface area contributed by atoms with Crippen molar-refractivity contribution in [2.75, 3.05) is 16.6 Å². The average molecular weight is 623 g/mol. The highest BCUT2D eigenvalue weighted by Gasteiger charge is 2.24. The number of nitrogens with two attached hydrogens (primary N) is 1. The lowest BCUT2D eigenvalue weighted by Crippen LogP contribution is -2.30. The van der Waals surface area contributed by atoms with Crippen LogP contribution in [0.5, 0.6) is 0 Å². The third-order valence-electron chi connectivity index (χ3n) is 4.65. The molecule has 0 saturated carbocycles. The van der Waals surface area contributed by atoms with Gasteiger partial charge in [0.05, 0.1) is 16.9 Å². The Balaban J connectivity index is 2.02. The average Bonchev–Trinajstić information content (AvgIpc) is 2.77. The summed E-state index contributed by atoms with van der Waals surface area (Å²) in [7, 11) is -4.11. The number of benzene rings is 2. The maximum atomic E-state index is 15.0. The lowest BCUT2D eigenvalue weighted by atomic mass is 10.00. The molecule has 0 radical (unpaired) electrons. The Labute approximate surface area is 211 Å². The highest BCUT2D eigenvalue weighted by Crippen LogP contribution is 2.32. The van der Waals surface area contributed by atoms with Gasteiger partial charge in [0.1, 0.15) is 5.82 Å². The molecular formula is C21H18F4IN5O3S. The number of hydrogen-bond donors (Lipinski definition) is 4. The van der Waals surface area contributed by atoms with Gasteiger partial charge in [0.2, 0.25) is 0 Å². The second-order valence-corrected chi connectivity index (χ2v) is 9.86. The molecule has 8 nitrogen and oxygen atoms in total. The molecule has 14 heteroatoms. The Morgan fingerprint density at radius 3 is 2.40 bits per heavy atom. The molecule has 35 heavy (non-hydrogen) atoms. The van der Waals surface area contributed by atoms with Crippen molar-refractivity contribution in [2.24, 2.45) is 5.73 Å². The van der Waals surface area contributed by atoms with Crippen LogP contribution in [-0.4, -0.2) is 25.9 Å². The third-order valence-corrected chi connectivity index (χ3v) is 6.46. The van der Waals surface area contributed by atoms with Crippen LogP contribution in [0, 0.1) is 26.8 Å². The zero-order valence-corrected chi connectivity index (χ0v) is 20.9. The van der Waals surface area contributed by atoms with Crippen LogP contribution in [0.1, 0.15) is 28.4 Å². The van der Waals surface area contributed by atoms with Crippen molar-refractivity contribution in [3.63, 3.8) is 0 Å². The van der Waals surface area contributed by atoms with Gasteiger partial charge in [-0.15, -0.1) is 0 Å². The molecule has 5 N–H and O–H groups in total. The SMILES string of the molecule is CCNS(=O)(=O)Nc1nccc(Cc2cc(C(N)=O)c(Nc3ccc(I)cc3F)c(F)c2F)c1F. The number of hydrogen-bond acceptors (Lipinski definition) is 5. The van der Waals surface area contributed by atoms with Gasteiger partial charge in [0.15, 0.2) is 23.3 Å². The standard InChI is InChI=1S/C21H18F4IN5O3S/c1-2-29-35(33,34)31-21-17(24)10(5-6-28-21)7-11-8-13(20(27)32)19(18(25)16(11)23)30-15-4-3-12(26)9-14(15)22/h3-6,8-9,29-30H,2,7H2,1H3,(H2,27,32)(H,28,31). The van der Waals surface area contributed by atoms with E-state index >= 15 is 0 Å². The summed E-state index contributed by atoms with van der Waals surface area (Å²) in [5, 5.41) is 2.35. The van der Waals surface area contributed by atoms with Gasteiger partial charge in [-0.3, -0.25) is 9.52 Å². The van der Waals surface area contributed by atoms with Crippen LogP contribution in [0.3, 0.4) is 0 Å². The van der Waals surface area contributed by atoms with Gasteiger partial charge < -0.3 is 11.1 Å². The summed E-state index contributed by atoms with van der Waals surface area (Å²) < 4.78 is 87.3. The fourth-order valence-electron chi connectivity index (χ4n) is 3.10. The van der Waals surface area contributed by atoms with E-state index in [2.05, 4.69) is 15.0 Å². The van der Waals surface area contributed by atoms with E-state index in [0.717, 1.165) is 24.4 Å². The molecule has 1 aromatic heterocycles. The molecule has 0 spiro atoms. The fourth-order valence-corrected chi connectivity index (χ4v) is 4.40. The Bertz CT molecular complexity index is 1410. The number of aromatic nitrogens is 1. The largest absolute Gasteiger partial charge is 0.366 e. The minimum Gasteiger partial charge on any atom is -0.366 e. The lowest BCUT2D eigenvalue weighted by Gasteiger charge is -2.16. The zero-order valence-electron chi connectivity index (χ0n) is 17.9. The molecule has 0 aliphatic carbocycles. The summed E-state index contributed by atoms with van der Waals surface area (Å²) in [5.41, 5.74) is 3.23. The van der Waals surface area contributed by atoms with Gasteiger partial charge in [-0.05, 0) is 64.0 Å². The van der Waals surface area contributed by atoms with E-state index in [9.17, 15) is 30.8 Å². The van der Waals surface area contributed by atoms with E-state index in [0.29, 0.717) is 3.57 Å². The van der Waals surface area contributed by atoms with E-state index in [1.165, 1.54) is 19.1 Å². The molecule has 0 bridgehead atoms. The van der Waals surface area contributed by atoms with Crippen molar-refractivity contribution in [1.29, 1.82) is 0 Å². The van der Waals surface area contributed by atoms with Crippen LogP contribution < -0.4 is 20.5 Å². The topological polar surface area (TPSA) is 126 Å². The highest BCUT2D eigenvalue weighted by molar-refractivity contribution is 14.1. The number of anilines is 3. The van der Waals surface area contributed by atoms with Crippen LogP contribution in [0.15, 0.2) is 36.5 Å². The predicted molar refractivity (Wildman–Crippen MR) is 130 cm³/mol. The van der Waals surface area contributed by atoms with Crippen LogP contribution in [0.2, 0.25) is 0 Å². The molecule has 0 aliphatic rings. The maximum Gasteiger partial charge on any atom is 0.300 e. The van der Waals surface area contributed by atoms with Gasteiger partial charge in [-0.25, -0.2) is 22.5 Å². The molecule has 0 fully saturated rings. The molecule has 3 rings (SSSR count). The van der Waals surface area contributed by atoms with Gasteiger partial charge in [-0.1, -0.05) is 6.92 Å². The van der Waals surface area contributed by atoms with E-state index in [-0.39, 0.29) is 17.8 Å². The first kappa shape index (κ1) is 26.6. The molecule has 3 aromatic rings. The molecule has 0 unspecified atom stereocenters. The predicted octanol–water partition coefficient (Wildman–Crippen LogP) is 3.94. The molecule has 0 aliphatic heterocycles. The second-order valence-electron chi connectivity index (χ2n) is 7.11. The lowest BCUT2D eigenvalue weighted by molar-refractivity contribution is 0.100. The number of nitrogens with zero attached hydrogens (tertiary/aromatic N) is 1. The second kappa shape index (κ2) is 10.7. The first-order valence-electron chi connectivity index (χ1n) is 9.87. The van der Waals surface area contributed by atoms with Crippen LogP contribution in [0.4, 0.5) is 34.8 Å². The molecule has 1 amide bonds. The first-order valence-corrected chi connectivity index (χ1v) is 12.4. The third kappa shape index (κ3) is 6.18. The van der Waals surface area contributed by atoms with E-state index in [1.807, 2.05) is 27.3 Å². The van der Waals surface area contributed by atoms with Gasteiger partial charge in [-0.2, -0.15) is 13.1 Å². The molecule has 2 aromatic carbocycles. The number of halogens is 5. The number of primary amides is 1. The number of pyridine rings is 1. The molecular weight excluding hydrogens is 605 g/mol. The Morgan fingerprint density at radius 1 is 1.06 bits per heavy atom. The van der Waals surface area contributed by atoms with E-state index in [1.54, 1.807) is 0 Å². The molecule has 1 heterocycles. The molecule has 186 valence electrons. The van der Waals surface area contributed by atoms with Crippen LogP contribution >= 0.6 is 22.6 Å². The maximum absolute atomic E-state index is 15.0. The van der Waals surface area contributed by atoms with Crippen LogP contribution in [-0.2, 0) is 16.6 Å². The normalized spacial score (nSPS) is 11.4. The Morgan fingerprint density at radius 2 is 1.77 bits per heavy atom. The minimum atomic E-state index is -4.11. The number of nitrogens with one attached hydrogen (secondary N) is 3. The van der Waals surface area contributed by atoms with Crippen molar-refractivity contribution in [3.05, 3.63) is 80.1 Å². The van der Waals surface area contributed by atoms with Gasteiger partial charge >= 0.3 is 0 Å². The number of carbonyl (C=O) groups is 1. The molecule has 0 saturated heterocycles. The number of carbonyl (C=O) groups excluding carboxylic acids is 1. The van der Waals surface area contributed by atoms with Crippen molar-refractivity contribution < 1.29 is 30.8 Å². The Kier molecular flexibility index (Phi) is 8.17. The van der Waals surface area contributed by atoms with E-state index < -0.39 is 68.4 Å². The first-order chi connectivity index (χ1) is 16.4. The van der Waals surface area contributed by atoms with Crippen molar-refractivity contribution >= 4 is 55.9 Å². The summed E-state index contributed by atoms with van der Waals surface area (Å²) in [6.45, 7) is 1.54. The minimum absolute atomic E-state index is 0.0313. The Hall–Kier alpha value is -2.98. The quantitative estimate of drug-likeness (QED) is 0.212. The van der Waals surface area contributed by atoms with Gasteiger partial charge in [0, 0.05) is 22.7 Å². The number of rotatable bonds is 9. The van der Waals surface area contributed by atoms with E-state index in [4.69, 9.17) is 5.73 Å². The van der Waals surface area contributed by atoms with Crippen LogP contribution in [0.25, 0.3) is 0 Å². The summed E-state index contributed by atoms with van der Waals surface area (Å²) in [5.74, 6) is -6.67.